The molecule has 1 atom stereocenters. The van der Waals surface area contributed by atoms with Gasteiger partial charge >= 0.3 is 12.0 Å². The molecule has 1 aliphatic rings. The SMILES string of the molecule is CCC(CC)(NC(=O)N1CCCCC1C(N)=O)C(=O)O. The van der Waals surface area contributed by atoms with E-state index >= 15 is 0 Å². The van der Waals surface area contributed by atoms with Gasteiger partial charge in [-0.05, 0) is 32.1 Å². The zero-order valence-corrected chi connectivity index (χ0v) is 12.0. The number of urea groups is 1. The Labute approximate surface area is 118 Å². The Balaban J connectivity index is 2.87. The van der Waals surface area contributed by atoms with E-state index in [1.165, 1.54) is 4.90 Å². The number of carboxylic acid groups (broad SMARTS) is 1. The van der Waals surface area contributed by atoms with Gasteiger partial charge in [0, 0.05) is 6.54 Å². The average molecular weight is 285 g/mol. The molecule has 0 aromatic rings. The van der Waals surface area contributed by atoms with Crippen LogP contribution in [0.15, 0.2) is 0 Å². The van der Waals surface area contributed by atoms with Crippen LogP contribution in [0.4, 0.5) is 4.79 Å². The van der Waals surface area contributed by atoms with E-state index in [-0.39, 0.29) is 12.8 Å². The standard InChI is InChI=1S/C13H23N3O4/c1-3-13(4-2,11(18)19)15-12(20)16-8-6-5-7-9(16)10(14)17/h9H,3-8H2,1-2H3,(H2,14,17)(H,15,20)(H,18,19). The second-order valence-electron chi connectivity index (χ2n) is 5.13. The summed E-state index contributed by atoms with van der Waals surface area (Å²) in [4.78, 5) is 36.4. The minimum atomic E-state index is -1.29. The first-order valence-corrected chi connectivity index (χ1v) is 6.99. The number of aliphatic carboxylic acids is 1. The van der Waals surface area contributed by atoms with Crippen molar-refractivity contribution >= 4 is 17.9 Å². The molecule has 7 nitrogen and oxygen atoms in total. The summed E-state index contributed by atoms with van der Waals surface area (Å²) >= 11 is 0. The maximum Gasteiger partial charge on any atom is 0.329 e. The van der Waals surface area contributed by atoms with Crippen molar-refractivity contribution in [3.63, 3.8) is 0 Å². The molecule has 1 saturated heterocycles. The van der Waals surface area contributed by atoms with Crippen molar-refractivity contribution in [1.82, 2.24) is 10.2 Å². The largest absolute Gasteiger partial charge is 0.480 e. The van der Waals surface area contributed by atoms with Gasteiger partial charge in [0.25, 0.3) is 0 Å². The van der Waals surface area contributed by atoms with Crippen LogP contribution in [-0.4, -0.2) is 46.0 Å². The highest BCUT2D eigenvalue weighted by Crippen LogP contribution is 2.20. The molecule has 0 aromatic heterocycles. The maximum absolute atomic E-state index is 12.3. The van der Waals surface area contributed by atoms with Crippen molar-refractivity contribution in [2.75, 3.05) is 6.54 Å². The van der Waals surface area contributed by atoms with Crippen LogP contribution < -0.4 is 11.1 Å². The van der Waals surface area contributed by atoms with Crippen molar-refractivity contribution in [2.45, 2.75) is 57.5 Å². The molecule has 3 amide bonds. The number of nitrogens with zero attached hydrogens (tertiary/aromatic N) is 1. The van der Waals surface area contributed by atoms with Gasteiger partial charge in [-0.25, -0.2) is 9.59 Å². The molecule has 1 unspecified atom stereocenters. The van der Waals surface area contributed by atoms with Gasteiger partial charge in [0.1, 0.15) is 11.6 Å². The Morgan fingerprint density at radius 1 is 1.30 bits per heavy atom. The summed E-state index contributed by atoms with van der Waals surface area (Å²) < 4.78 is 0. The monoisotopic (exact) mass is 285 g/mol. The number of carbonyl (C=O) groups is 3. The number of piperidine rings is 1. The lowest BCUT2D eigenvalue weighted by Gasteiger charge is -2.37. The van der Waals surface area contributed by atoms with E-state index < -0.39 is 29.5 Å². The fourth-order valence-electron chi connectivity index (χ4n) is 2.53. The molecule has 0 spiro atoms. The highest BCUT2D eigenvalue weighted by atomic mass is 16.4. The maximum atomic E-state index is 12.3. The van der Waals surface area contributed by atoms with Crippen molar-refractivity contribution in [1.29, 1.82) is 0 Å². The normalized spacial score (nSPS) is 19.5. The molecule has 7 heteroatoms. The van der Waals surface area contributed by atoms with E-state index in [1.54, 1.807) is 13.8 Å². The van der Waals surface area contributed by atoms with Crippen molar-refractivity contribution in [3.8, 4) is 0 Å². The van der Waals surface area contributed by atoms with Crippen LogP contribution >= 0.6 is 0 Å². The van der Waals surface area contributed by atoms with Gasteiger partial charge < -0.3 is 21.1 Å². The number of nitrogens with one attached hydrogen (secondary N) is 1. The number of amides is 3. The Morgan fingerprint density at radius 3 is 2.35 bits per heavy atom. The van der Waals surface area contributed by atoms with Crippen molar-refractivity contribution in [2.24, 2.45) is 5.73 Å². The predicted molar refractivity (Wildman–Crippen MR) is 73.0 cm³/mol. The highest BCUT2D eigenvalue weighted by molar-refractivity contribution is 5.89. The van der Waals surface area contributed by atoms with Gasteiger partial charge in [-0.3, -0.25) is 4.79 Å². The quantitative estimate of drug-likeness (QED) is 0.689. The number of nitrogens with two attached hydrogens (primary N) is 1. The van der Waals surface area contributed by atoms with Crippen LogP contribution in [0, 0.1) is 0 Å². The lowest BCUT2D eigenvalue weighted by atomic mass is 9.93. The Hall–Kier alpha value is -1.79. The molecule has 114 valence electrons. The second-order valence-corrected chi connectivity index (χ2v) is 5.13. The number of hydrogen-bond donors (Lipinski definition) is 3. The minimum Gasteiger partial charge on any atom is -0.480 e. The highest BCUT2D eigenvalue weighted by Gasteiger charge is 2.40. The second kappa shape index (κ2) is 6.58. The van der Waals surface area contributed by atoms with Crippen LogP contribution in [0.5, 0.6) is 0 Å². The summed E-state index contributed by atoms with van der Waals surface area (Å²) in [5.41, 5.74) is 4.01. The van der Waals surface area contributed by atoms with Gasteiger partial charge in [-0.2, -0.15) is 0 Å². The molecule has 20 heavy (non-hydrogen) atoms. The summed E-state index contributed by atoms with van der Waals surface area (Å²) in [6.45, 7) is 3.84. The van der Waals surface area contributed by atoms with Crippen LogP contribution in [0.2, 0.25) is 0 Å². The van der Waals surface area contributed by atoms with Gasteiger partial charge in [0.2, 0.25) is 5.91 Å². The first kappa shape index (κ1) is 16.3. The van der Waals surface area contributed by atoms with Crippen molar-refractivity contribution < 1.29 is 19.5 Å². The van der Waals surface area contributed by atoms with Crippen LogP contribution in [-0.2, 0) is 9.59 Å². The number of likely N-dealkylation sites (tertiary alicyclic amines) is 1. The van der Waals surface area contributed by atoms with Gasteiger partial charge in [0.05, 0.1) is 0 Å². The molecule has 0 radical (unpaired) electrons. The third-order valence-electron chi connectivity index (χ3n) is 4.05. The van der Waals surface area contributed by atoms with Crippen LogP contribution in [0.25, 0.3) is 0 Å². The lowest BCUT2D eigenvalue weighted by molar-refractivity contribution is -0.144. The Morgan fingerprint density at radius 2 is 1.90 bits per heavy atom. The smallest absolute Gasteiger partial charge is 0.329 e. The number of carboxylic acids is 1. The molecule has 0 bridgehead atoms. The lowest BCUT2D eigenvalue weighted by Crippen LogP contribution is -2.61. The summed E-state index contributed by atoms with van der Waals surface area (Å²) in [5, 5.41) is 11.9. The van der Waals surface area contributed by atoms with E-state index in [0.717, 1.165) is 12.8 Å². The molecule has 0 aliphatic carbocycles. The first-order valence-electron chi connectivity index (χ1n) is 6.99. The van der Waals surface area contributed by atoms with Gasteiger partial charge in [0.15, 0.2) is 0 Å². The van der Waals surface area contributed by atoms with E-state index in [2.05, 4.69) is 5.32 Å². The molecule has 1 rings (SSSR count). The fourth-order valence-corrected chi connectivity index (χ4v) is 2.53. The van der Waals surface area contributed by atoms with E-state index in [9.17, 15) is 19.5 Å². The van der Waals surface area contributed by atoms with Crippen molar-refractivity contribution in [3.05, 3.63) is 0 Å². The number of carbonyl (C=O) groups excluding carboxylic acids is 2. The third kappa shape index (κ3) is 3.20. The van der Waals surface area contributed by atoms with E-state index in [0.29, 0.717) is 13.0 Å². The van der Waals surface area contributed by atoms with Crippen LogP contribution in [0.3, 0.4) is 0 Å². The predicted octanol–water partition coefficient (Wildman–Crippen LogP) is 0.679. The summed E-state index contributed by atoms with van der Waals surface area (Å²) in [6, 6.07) is -1.18. The minimum absolute atomic E-state index is 0.277. The average Bonchev–Trinajstić information content (AvgIpc) is 2.44. The molecule has 4 N–H and O–H groups in total. The molecule has 1 heterocycles. The Bertz CT molecular complexity index is 393. The summed E-state index contributed by atoms with van der Waals surface area (Å²) in [5.74, 6) is -1.61. The van der Waals surface area contributed by atoms with Gasteiger partial charge in [-0.15, -0.1) is 0 Å². The van der Waals surface area contributed by atoms with Crippen LogP contribution in [0.1, 0.15) is 46.0 Å². The fraction of sp³-hybridized carbons (Fsp3) is 0.769. The molecular formula is C13H23N3O4. The zero-order chi connectivity index (χ0) is 15.3. The third-order valence-corrected chi connectivity index (χ3v) is 4.05. The summed E-state index contributed by atoms with van der Waals surface area (Å²) in [7, 11) is 0. The van der Waals surface area contributed by atoms with E-state index in [4.69, 9.17) is 5.73 Å². The topological polar surface area (TPSA) is 113 Å². The zero-order valence-electron chi connectivity index (χ0n) is 12.0. The Kier molecular flexibility index (Phi) is 5.35. The first-order chi connectivity index (χ1) is 9.38. The number of hydrogen-bond acceptors (Lipinski definition) is 3. The number of primary amides is 1. The van der Waals surface area contributed by atoms with E-state index in [1.807, 2.05) is 0 Å². The molecular weight excluding hydrogens is 262 g/mol. The molecule has 1 fully saturated rings. The van der Waals surface area contributed by atoms with Gasteiger partial charge in [-0.1, -0.05) is 13.8 Å². The number of rotatable bonds is 5. The molecule has 1 aliphatic heterocycles. The molecule has 0 saturated carbocycles. The summed E-state index contributed by atoms with van der Waals surface area (Å²) in [6.07, 6.45) is 2.71. The molecule has 0 aromatic carbocycles.